The Labute approximate surface area is 152 Å². The van der Waals surface area contributed by atoms with Crippen molar-refractivity contribution < 1.29 is 4.79 Å². The molecule has 6 nitrogen and oxygen atoms in total. The Balaban J connectivity index is 1.56. The highest BCUT2D eigenvalue weighted by Crippen LogP contribution is 2.27. The number of pyridine rings is 1. The monoisotopic (exact) mass is 347 g/mol. The smallest absolute Gasteiger partial charge is 0.255 e. The maximum atomic E-state index is 13.0. The quantitative estimate of drug-likeness (QED) is 0.787. The van der Waals surface area contributed by atoms with Crippen LogP contribution in [-0.4, -0.2) is 44.5 Å². The number of nitrogens with two attached hydrogens (primary N) is 1. The van der Waals surface area contributed by atoms with Crippen LogP contribution in [0.15, 0.2) is 61.2 Å². The van der Waals surface area contributed by atoms with Crippen LogP contribution in [0.3, 0.4) is 0 Å². The van der Waals surface area contributed by atoms with Crippen LogP contribution in [0.1, 0.15) is 22.1 Å². The number of hydrogen-bond acceptors (Lipinski definition) is 4. The summed E-state index contributed by atoms with van der Waals surface area (Å²) >= 11 is 0. The molecule has 1 amide bonds. The van der Waals surface area contributed by atoms with Crippen LogP contribution in [0.4, 0.5) is 0 Å². The molecule has 1 saturated heterocycles. The number of carbonyl (C=O) groups excluding carboxylic acids is 1. The first-order valence-electron chi connectivity index (χ1n) is 8.66. The SMILES string of the molecule is Cn1ccnc1[C@@H]1CN(C(=O)c2cncc(-c3ccccc3)c2)C[C@H]1N. The van der Waals surface area contributed by atoms with E-state index >= 15 is 0 Å². The Hall–Kier alpha value is -2.99. The van der Waals surface area contributed by atoms with E-state index in [1.165, 1.54) is 0 Å². The van der Waals surface area contributed by atoms with Crippen LogP contribution in [0, 0.1) is 0 Å². The van der Waals surface area contributed by atoms with Gasteiger partial charge in [-0.1, -0.05) is 30.3 Å². The molecule has 2 aromatic heterocycles. The molecule has 1 aliphatic rings. The van der Waals surface area contributed by atoms with Crippen molar-refractivity contribution in [2.24, 2.45) is 12.8 Å². The zero-order valence-corrected chi connectivity index (χ0v) is 14.6. The van der Waals surface area contributed by atoms with Crippen LogP contribution < -0.4 is 5.73 Å². The molecule has 1 aromatic carbocycles. The number of likely N-dealkylation sites (tertiary alicyclic amines) is 1. The molecule has 1 fully saturated rings. The molecule has 4 rings (SSSR count). The average Bonchev–Trinajstić information content (AvgIpc) is 3.27. The molecule has 6 heteroatoms. The highest BCUT2D eigenvalue weighted by atomic mass is 16.2. The summed E-state index contributed by atoms with van der Waals surface area (Å²) in [6.45, 7) is 1.09. The minimum absolute atomic E-state index is 0.0394. The van der Waals surface area contributed by atoms with E-state index < -0.39 is 0 Å². The fourth-order valence-corrected chi connectivity index (χ4v) is 3.53. The minimum Gasteiger partial charge on any atom is -0.338 e. The van der Waals surface area contributed by atoms with Crippen LogP contribution in [0.5, 0.6) is 0 Å². The lowest BCUT2D eigenvalue weighted by atomic mass is 10.0. The second-order valence-electron chi connectivity index (χ2n) is 6.71. The molecule has 0 spiro atoms. The second-order valence-corrected chi connectivity index (χ2v) is 6.71. The van der Waals surface area contributed by atoms with Crippen LogP contribution in [0.25, 0.3) is 11.1 Å². The summed E-state index contributed by atoms with van der Waals surface area (Å²) < 4.78 is 1.97. The van der Waals surface area contributed by atoms with E-state index in [0.717, 1.165) is 17.0 Å². The lowest BCUT2D eigenvalue weighted by Crippen LogP contribution is -2.32. The lowest BCUT2D eigenvalue weighted by molar-refractivity contribution is 0.0788. The average molecular weight is 347 g/mol. The molecule has 1 aliphatic heterocycles. The van der Waals surface area contributed by atoms with E-state index in [1.807, 2.05) is 54.2 Å². The molecule has 0 bridgehead atoms. The largest absolute Gasteiger partial charge is 0.338 e. The van der Waals surface area contributed by atoms with Crippen molar-refractivity contribution in [1.29, 1.82) is 0 Å². The molecule has 2 N–H and O–H groups in total. The normalized spacial score (nSPS) is 19.7. The zero-order chi connectivity index (χ0) is 18.1. The second kappa shape index (κ2) is 6.72. The van der Waals surface area contributed by atoms with E-state index in [2.05, 4.69) is 9.97 Å². The number of nitrogens with zero attached hydrogens (tertiary/aromatic N) is 4. The molecule has 2 atom stereocenters. The van der Waals surface area contributed by atoms with Gasteiger partial charge < -0.3 is 15.2 Å². The summed E-state index contributed by atoms with van der Waals surface area (Å²) in [7, 11) is 1.95. The van der Waals surface area contributed by atoms with Crippen LogP contribution >= 0.6 is 0 Å². The predicted octanol–water partition coefficient (Wildman–Crippen LogP) is 2.05. The summed E-state index contributed by atoms with van der Waals surface area (Å²) in [5, 5.41) is 0. The lowest BCUT2D eigenvalue weighted by Gasteiger charge is -2.16. The first kappa shape index (κ1) is 16.5. The number of carbonyl (C=O) groups is 1. The van der Waals surface area contributed by atoms with Gasteiger partial charge >= 0.3 is 0 Å². The fourth-order valence-electron chi connectivity index (χ4n) is 3.53. The Morgan fingerprint density at radius 2 is 1.96 bits per heavy atom. The molecule has 0 radical (unpaired) electrons. The summed E-state index contributed by atoms with van der Waals surface area (Å²) in [6, 6.07) is 11.7. The van der Waals surface area contributed by atoms with Gasteiger partial charge in [0.2, 0.25) is 0 Å². The van der Waals surface area contributed by atoms with Crippen molar-refractivity contribution in [2.45, 2.75) is 12.0 Å². The van der Waals surface area contributed by atoms with Gasteiger partial charge in [0.1, 0.15) is 5.82 Å². The van der Waals surface area contributed by atoms with E-state index in [4.69, 9.17) is 5.73 Å². The van der Waals surface area contributed by atoms with Crippen molar-refractivity contribution in [1.82, 2.24) is 19.4 Å². The molecule has 0 saturated carbocycles. The van der Waals surface area contributed by atoms with E-state index in [1.54, 1.807) is 23.5 Å². The number of imidazole rings is 1. The van der Waals surface area contributed by atoms with Gasteiger partial charge in [-0.05, 0) is 11.6 Å². The first-order chi connectivity index (χ1) is 12.6. The highest BCUT2D eigenvalue weighted by molar-refractivity contribution is 5.95. The van der Waals surface area contributed by atoms with Gasteiger partial charge in [-0.2, -0.15) is 0 Å². The first-order valence-corrected chi connectivity index (χ1v) is 8.66. The molecule has 3 heterocycles. The van der Waals surface area contributed by atoms with Crippen molar-refractivity contribution in [3.05, 3.63) is 72.6 Å². The standard InChI is InChI=1S/C20H21N5O/c1-24-8-7-23-19(24)17-12-25(13-18(17)21)20(26)16-9-15(10-22-11-16)14-5-3-2-4-6-14/h2-11,17-18H,12-13,21H2,1H3/t17-,18-/m1/s1. The predicted molar refractivity (Wildman–Crippen MR) is 99.5 cm³/mol. The minimum atomic E-state index is -0.120. The summed E-state index contributed by atoms with van der Waals surface area (Å²) in [4.78, 5) is 23.4. The maximum Gasteiger partial charge on any atom is 0.255 e. The van der Waals surface area contributed by atoms with Gasteiger partial charge in [0, 0.05) is 56.5 Å². The van der Waals surface area contributed by atoms with Crippen molar-refractivity contribution in [3.8, 4) is 11.1 Å². The van der Waals surface area contributed by atoms with Gasteiger partial charge in [0.05, 0.1) is 11.5 Å². The molecular weight excluding hydrogens is 326 g/mol. The Bertz CT molecular complexity index is 921. The number of amides is 1. The topological polar surface area (TPSA) is 77.0 Å². The van der Waals surface area contributed by atoms with Crippen molar-refractivity contribution >= 4 is 5.91 Å². The molecular formula is C20H21N5O. The molecule has 132 valence electrons. The molecule has 26 heavy (non-hydrogen) atoms. The number of rotatable bonds is 3. The third-order valence-electron chi connectivity index (χ3n) is 4.93. The Morgan fingerprint density at radius 3 is 2.69 bits per heavy atom. The molecule has 3 aromatic rings. The van der Waals surface area contributed by atoms with Gasteiger partial charge in [-0.3, -0.25) is 9.78 Å². The van der Waals surface area contributed by atoms with Gasteiger partial charge in [0.15, 0.2) is 0 Å². The van der Waals surface area contributed by atoms with Crippen LogP contribution in [-0.2, 0) is 7.05 Å². The summed E-state index contributed by atoms with van der Waals surface area (Å²) in [5.74, 6) is 0.926. The van der Waals surface area contributed by atoms with E-state index in [-0.39, 0.29) is 17.9 Å². The number of benzene rings is 1. The maximum absolute atomic E-state index is 13.0. The fraction of sp³-hybridized carbons (Fsp3) is 0.250. The van der Waals surface area contributed by atoms with Gasteiger partial charge in [-0.15, -0.1) is 0 Å². The summed E-state index contributed by atoms with van der Waals surface area (Å²) in [5.41, 5.74) is 8.86. The molecule has 0 unspecified atom stereocenters. The zero-order valence-electron chi connectivity index (χ0n) is 14.6. The number of aryl methyl sites for hydroxylation is 1. The van der Waals surface area contributed by atoms with Gasteiger partial charge in [-0.25, -0.2) is 4.98 Å². The Morgan fingerprint density at radius 1 is 1.15 bits per heavy atom. The Kier molecular flexibility index (Phi) is 4.26. The highest BCUT2D eigenvalue weighted by Gasteiger charge is 2.36. The third-order valence-corrected chi connectivity index (χ3v) is 4.93. The van der Waals surface area contributed by atoms with E-state index in [9.17, 15) is 4.79 Å². The van der Waals surface area contributed by atoms with Crippen molar-refractivity contribution in [3.63, 3.8) is 0 Å². The van der Waals surface area contributed by atoms with Gasteiger partial charge in [0.25, 0.3) is 5.91 Å². The number of aromatic nitrogens is 3. The summed E-state index contributed by atoms with van der Waals surface area (Å²) in [6.07, 6.45) is 7.06. The van der Waals surface area contributed by atoms with Crippen molar-refractivity contribution in [2.75, 3.05) is 13.1 Å². The van der Waals surface area contributed by atoms with E-state index in [0.29, 0.717) is 18.7 Å². The number of hydrogen-bond donors (Lipinski definition) is 1. The third kappa shape index (κ3) is 2.99. The molecule has 0 aliphatic carbocycles. The van der Waals surface area contributed by atoms with Crippen LogP contribution in [0.2, 0.25) is 0 Å².